The van der Waals surface area contributed by atoms with E-state index in [0.717, 1.165) is 17.9 Å². The largest absolute Gasteiger partial charge is 0.490 e. The van der Waals surface area contributed by atoms with Crippen molar-refractivity contribution in [3.63, 3.8) is 0 Å². The van der Waals surface area contributed by atoms with Crippen LogP contribution in [0.1, 0.15) is 12.3 Å². The van der Waals surface area contributed by atoms with E-state index in [0.29, 0.717) is 24.0 Å². The summed E-state index contributed by atoms with van der Waals surface area (Å²) in [5.74, 6) is 0.764. The quantitative estimate of drug-likeness (QED) is 0.720. The van der Waals surface area contributed by atoms with Crippen LogP contribution in [0, 0.1) is 0 Å². The lowest BCUT2D eigenvalue weighted by Gasteiger charge is -2.19. The number of nitrogens with zero attached hydrogens (tertiary/aromatic N) is 4. The van der Waals surface area contributed by atoms with Crippen LogP contribution in [0.3, 0.4) is 0 Å². The number of aromatic nitrogens is 5. The fourth-order valence-electron chi connectivity index (χ4n) is 1.80. The topological polar surface area (TPSA) is 144 Å². The summed E-state index contributed by atoms with van der Waals surface area (Å²) < 4.78 is 36.9. The van der Waals surface area contributed by atoms with Crippen molar-refractivity contribution in [1.82, 2.24) is 25.3 Å². The van der Waals surface area contributed by atoms with Crippen molar-refractivity contribution < 1.29 is 27.6 Å². The molecule has 13 heteroatoms. The van der Waals surface area contributed by atoms with Crippen LogP contribution in [-0.4, -0.2) is 59.6 Å². The highest BCUT2D eigenvalue weighted by Crippen LogP contribution is 2.28. The first-order valence-corrected chi connectivity index (χ1v) is 7.70. The van der Waals surface area contributed by atoms with Crippen LogP contribution in [0.15, 0.2) is 10.9 Å². The number of hydrogen-bond donors (Lipinski definition) is 3. The van der Waals surface area contributed by atoms with Gasteiger partial charge in [0.2, 0.25) is 11.7 Å². The molecule has 3 heterocycles. The SMILES string of the molecule is NC1(Cc2nc(-c3ncn[nH]3)no2)CCSC1.O=C(O)C(F)(F)F. The zero-order valence-electron chi connectivity index (χ0n) is 12.1. The van der Waals surface area contributed by atoms with E-state index in [-0.39, 0.29) is 5.54 Å². The summed E-state index contributed by atoms with van der Waals surface area (Å²) in [5, 5.41) is 17.4. The van der Waals surface area contributed by atoms with Crippen LogP contribution in [-0.2, 0) is 11.2 Å². The fraction of sp³-hybridized carbons (Fsp3) is 0.545. The first-order valence-electron chi connectivity index (χ1n) is 6.55. The van der Waals surface area contributed by atoms with Crippen molar-refractivity contribution in [3.05, 3.63) is 12.2 Å². The van der Waals surface area contributed by atoms with Crippen molar-refractivity contribution in [3.8, 4) is 11.6 Å². The molecule has 0 aromatic carbocycles. The van der Waals surface area contributed by atoms with Gasteiger partial charge >= 0.3 is 12.1 Å². The van der Waals surface area contributed by atoms with Gasteiger partial charge < -0.3 is 15.4 Å². The molecule has 2 aromatic rings. The number of carboxylic acid groups (broad SMARTS) is 1. The van der Waals surface area contributed by atoms with Gasteiger partial charge in [-0.3, -0.25) is 5.10 Å². The molecule has 0 saturated carbocycles. The van der Waals surface area contributed by atoms with Crippen molar-refractivity contribution in [2.24, 2.45) is 5.73 Å². The normalized spacial score (nSPS) is 20.5. The Morgan fingerprint density at radius 1 is 1.54 bits per heavy atom. The number of carboxylic acids is 1. The maximum absolute atomic E-state index is 10.6. The summed E-state index contributed by atoms with van der Waals surface area (Å²) >= 11 is 1.86. The third-order valence-corrected chi connectivity index (χ3v) is 4.25. The van der Waals surface area contributed by atoms with Gasteiger partial charge in [0.05, 0.1) is 0 Å². The number of aromatic amines is 1. The Kier molecular flexibility index (Phi) is 5.43. The highest BCUT2D eigenvalue weighted by molar-refractivity contribution is 7.99. The molecule has 2 aromatic heterocycles. The van der Waals surface area contributed by atoms with E-state index in [1.165, 1.54) is 6.33 Å². The third-order valence-electron chi connectivity index (χ3n) is 2.97. The second-order valence-electron chi connectivity index (χ2n) is 4.99. The summed E-state index contributed by atoms with van der Waals surface area (Å²) in [6.07, 6.45) is -2.08. The third kappa shape index (κ3) is 4.92. The van der Waals surface area contributed by atoms with Crippen LogP contribution in [0.5, 0.6) is 0 Å². The predicted molar refractivity (Wildman–Crippen MR) is 75.9 cm³/mol. The number of nitrogens with one attached hydrogen (secondary N) is 1. The van der Waals surface area contributed by atoms with Crippen LogP contribution < -0.4 is 5.73 Å². The summed E-state index contributed by atoms with van der Waals surface area (Å²) in [6, 6.07) is 0. The molecule has 1 aliphatic heterocycles. The molecule has 132 valence electrons. The molecule has 0 spiro atoms. The van der Waals surface area contributed by atoms with E-state index in [2.05, 4.69) is 25.3 Å². The van der Waals surface area contributed by atoms with Crippen molar-refractivity contribution in [2.45, 2.75) is 24.6 Å². The molecule has 9 nitrogen and oxygen atoms in total. The average Bonchev–Trinajstić information content (AvgIpc) is 3.19. The molecule has 0 bridgehead atoms. The second-order valence-corrected chi connectivity index (χ2v) is 6.10. The molecule has 1 atom stereocenters. The number of aliphatic carboxylic acids is 1. The standard InChI is InChI=1S/C9H12N6OS.C2HF3O2/c10-9(1-2-17-4-9)3-6-13-8(15-16-6)7-11-5-12-14-7;3-2(4,5)1(6)7/h5H,1-4,10H2,(H,11,12,14);(H,6,7). The van der Waals surface area contributed by atoms with Crippen molar-refractivity contribution in [1.29, 1.82) is 0 Å². The Bertz CT molecular complexity index is 669. The Morgan fingerprint density at radius 2 is 2.25 bits per heavy atom. The Balaban J connectivity index is 0.000000256. The van der Waals surface area contributed by atoms with Gasteiger partial charge in [0.15, 0.2) is 5.82 Å². The molecule has 1 fully saturated rings. The maximum Gasteiger partial charge on any atom is 0.490 e. The summed E-state index contributed by atoms with van der Waals surface area (Å²) in [4.78, 5) is 17.1. The first-order chi connectivity index (χ1) is 11.2. The van der Waals surface area contributed by atoms with E-state index in [9.17, 15) is 13.2 Å². The van der Waals surface area contributed by atoms with E-state index in [1.54, 1.807) is 0 Å². The second kappa shape index (κ2) is 7.17. The molecule has 0 radical (unpaired) electrons. The minimum absolute atomic E-state index is 0.212. The Labute approximate surface area is 137 Å². The van der Waals surface area contributed by atoms with Gasteiger partial charge in [0.1, 0.15) is 6.33 Å². The number of nitrogens with two attached hydrogens (primary N) is 1. The van der Waals surface area contributed by atoms with E-state index >= 15 is 0 Å². The lowest BCUT2D eigenvalue weighted by Crippen LogP contribution is -2.42. The molecule has 24 heavy (non-hydrogen) atoms. The number of hydrogen-bond acceptors (Lipinski definition) is 8. The number of thioether (sulfide) groups is 1. The van der Waals surface area contributed by atoms with Gasteiger partial charge in [-0.25, -0.2) is 9.78 Å². The number of carbonyl (C=O) groups is 1. The summed E-state index contributed by atoms with van der Waals surface area (Å²) in [7, 11) is 0. The van der Waals surface area contributed by atoms with Crippen LogP contribution >= 0.6 is 11.8 Å². The van der Waals surface area contributed by atoms with Crippen LogP contribution in [0.4, 0.5) is 13.2 Å². The van der Waals surface area contributed by atoms with E-state index < -0.39 is 12.1 Å². The monoisotopic (exact) mass is 366 g/mol. The number of halogens is 3. The lowest BCUT2D eigenvalue weighted by atomic mass is 9.96. The molecule has 0 amide bonds. The zero-order valence-corrected chi connectivity index (χ0v) is 12.9. The predicted octanol–water partition coefficient (Wildman–Crippen LogP) is 0.865. The van der Waals surface area contributed by atoms with Crippen molar-refractivity contribution in [2.75, 3.05) is 11.5 Å². The first kappa shape index (κ1) is 18.2. The average molecular weight is 366 g/mol. The number of alkyl halides is 3. The van der Waals surface area contributed by atoms with Gasteiger partial charge in [0, 0.05) is 17.7 Å². The van der Waals surface area contributed by atoms with E-state index in [4.69, 9.17) is 20.2 Å². The van der Waals surface area contributed by atoms with E-state index in [1.807, 2.05) is 11.8 Å². The molecule has 1 unspecified atom stereocenters. The highest BCUT2D eigenvalue weighted by Gasteiger charge is 2.38. The lowest BCUT2D eigenvalue weighted by molar-refractivity contribution is -0.192. The Morgan fingerprint density at radius 3 is 2.75 bits per heavy atom. The molecule has 1 saturated heterocycles. The molecular weight excluding hydrogens is 353 g/mol. The van der Waals surface area contributed by atoms with Gasteiger partial charge in [0.25, 0.3) is 0 Å². The maximum atomic E-state index is 10.6. The smallest absolute Gasteiger partial charge is 0.475 e. The Hall–Kier alpha value is -2.15. The van der Waals surface area contributed by atoms with Crippen molar-refractivity contribution >= 4 is 17.7 Å². The minimum atomic E-state index is -5.08. The van der Waals surface area contributed by atoms with Crippen LogP contribution in [0.25, 0.3) is 11.6 Å². The molecule has 4 N–H and O–H groups in total. The van der Waals surface area contributed by atoms with Gasteiger partial charge in [-0.2, -0.15) is 35.0 Å². The fourth-order valence-corrected chi connectivity index (χ4v) is 3.15. The summed E-state index contributed by atoms with van der Waals surface area (Å²) in [5.41, 5.74) is 6.02. The zero-order chi connectivity index (χ0) is 17.8. The molecule has 3 rings (SSSR count). The molecular formula is C11H13F3N6O3S. The minimum Gasteiger partial charge on any atom is -0.475 e. The summed E-state index contributed by atoms with van der Waals surface area (Å²) in [6.45, 7) is 0. The number of H-pyrrole nitrogens is 1. The van der Waals surface area contributed by atoms with Crippen LogP contribution in [0.2, 0.25) is 0 Å². The van der Waals surface area contributed by atoms with Gasteiger partial charge in [-0.15, -0.1) is 0 Å². The molecule has 0 aliphatic carbocycles. The highest BCUT2D eigenvalue weighted by atomic mass is 32.2. The molecule has 1 aliphatic rings. The van der Waals surface area contributed by atoms with Gasteiger partial charge in [-0.1, -0.05) is 5.16 Å². The number of rotatable bonds is 3. The van der Waals surface area contributed by atoms with Gasteiger partial charge in [-0.05, 0) is 12.2 Å².